The summed E-state index contributed by atoms with van der Waals surface area (Å²) in [5.41, 5.74) is 4.08. The topological polar surface area (TPSA) is 54.5 Å². The van der Waals surface area contributed by atoms with E-state index < -0.39 is 0 Å². The molecule has 3 aromatic rings. The highest BCUT2D eigenvalue weighted by Crippen LogP contribution is 2.29. The first kappa shape index (κ1) is 11.9. The van der Waals surface area contributed by atoms with Crippen LogP contribution in [-0.4, -0.2) is 14.5 Å². The maximum atomic E-state index is 8.78. The van der Waals surface area contributed by atoms with Crippen LogP contribution in [0.15, 0.2) is 24.5 Å². The van der Waals surface area contributed by atoms with Gasteiger partial charge in [0, 0.05) is 17.5 Å². The number of nitrogens with zero attached hydrogens (tertiary/aromatic N) is 4. The number of imidazole rings is 1. The van der Waals surface area contributed by atoms with Crippen LogP contribution in [0.25, 0.3) is 21.6 Å². The van der Waals surface area contributed by atoms with E-state index in [1.165, 1.54) is 0 Å². The second-order valence-electron chi connectivity index (χ2n) is 4.42. The summed E-state index contributed by atoms with van der Waals surface area (Å²) in [5.74, 6) is 0. The van der Waals surface area contributed by atoms with E-state index in [0.717, 1.165) is 32.2 Å². The van der Waals surface area contributed by atoms with Crippen molar-refractivity contribution in [3.05, 3.63) is 35.1 Å². The largest absolute Gasteiger partial charge is 0.334 e. The predicted octanol–water partition coefficient (Wildman–Crippen LogP) is 3.07. The summed E-state index contributed by atoms with van der Waals surface area (Å²) in [5, 5.41) is 9.74. The van der Waals surface area contributed by atoms with Crippen molar-refractivity contribution in [3.63, 3.8) is 0 Å². The first-order valence-corrected chi connectivity index (χ1v) is 6.75. The quantitative estimate of drug-likeness (QED) is 0.717. The number of hydrogen-bond acceptors (Lipinski definition) is 4. The average molecular weight is 268 g/mol. The number of fused-ring (bicyclic) bond motifs is 1. The summed E-state index contributed by atoms with van der Waals surface area (Å²) < 4.78 is 1.99. The van der Waals surface area contributed by atoms with Crippen molar-refractivity contribution < 1.29 is 0 Å². The second-order valence-corrected chi connectivity index (χ2v) is 5.51. The van der Waals surface area contributed by atoms with Crippen LogP contribution in [0.4, 0.5) is 0 Å². The van der Waals surface area contributed by atoms with E-state index in [-0.39, 0.29) is 0 Å². The Bertz CT molecular complexity index is 791. The van der Waals surface area contributed by atoms with Crippen LogP contribution < -0.4 is 0 Å². The van der Waals surface area contributed by atoms with E-state index >= 15 is 0 Å². The van der Waals surface area contributed by atoms with Crippen molar-refractivity contribution >= 4 is 22.4 Å². The zero-order valence-electron chi connectivity index (χ0n) is 10.7. The molecule has 0 saturated carbocycles. The molecule has 0 radical (unpaired) electrons. The molecule has 0 aliphatic carbocycles. The predicted molar refractivity (Wildman–Crippen MR) is 75.9 cm³/mol. The Morgan fingerprint density at radius 3 is 3.05 bits per heavy atom. The summed E-state index contributed by atoms with van der Waals surface area (Å²) in [6.45, 7) is 1.95. The highest BCUT2D eigenvalue weighted by atomic mass is 32.1. The molecule has 0 aliphatic heterocycles. The van der Waals surface area contributed by atoms with E-state index in [1.807, 2.05) is 30.9 Å². The van der Waals surface area contributed by atoms with Crippen molar-refractivity contribution in [2.45, 2.75) is 13.3 Å². The Hall–Kier alpha value is -2.19. The van der Waals surface area contributed by atoms with Gasteiger partial charge < -0.3 is 4.57 Å². The Morgan fingerprint density at radius 1 is 1.42 bits per heavy atom. The molecule has 4 nitrogen and oxygen atoms in total. The smallest absolute Gasteiger partial charge is 0.123 e. The number of nitriles is 1. The first-order chi connectivity index (χ1) is 9.19. The number of benzene rings is 1. The van der Waals surface area contributed by atoms with Crippen LogP contribution in [0.1, 0.15) is 10.6 Å². The summed E-state index contributed by atoms with van der Waals surface area (Å²) in [6, 6.07) is 8.33. The van der Waals surface area contributed by atoms with Gasteiger partial charge in [0.15, 0.2) is 0 Å². The lowest BCUT2D eigenvalue weighted by atomic mass is 10.2. The number of hydrogen-bond donors (Lipinski definition) is 0. The summed E-state index contributed by atoms with van der Waals surface area (Å²) in [6.07, 6.45) is 2.23. The third-order valence-electron chi connectivity index (χ3n) is 3.10. The maximum absolute atomic E-state index is 8.78. The molecule has 0 bridgehead atoms. The third-order valence-corrected chi connectivity index (χ3v) is 4.31. The van der Waals surface area contributed by atoms with Gasteiger partial charge in [0.1, 0.15) is 5.01 Å². The van der Waals surface area contributed by atoms with Crippen LogP contribution in [0, 0.1) is 18.3 Å². The lowest BCUT2D eigenvalue weighted by Gasteiger charge is -1.97. The number of aryl methyl sites for hydroxylation is 2. The monoisotopic (exact) mass is 268 g/mol. The van der Waals surface area contributed by atoms with E-state index in [4.69, 9.17) is 5.26 Å². The van der Waals surface area contributed by atoms with Gasteiger partial charge in [-0.05, 0) is 25.1 Å². The molecule has 0 spiro atoms. The molecule has 0 saturated heterocycles. The van der Waals surface area contributed by atoms with Gasteiger partial charge in [-0.2, -0.15) is 5.26 Å². The molecule has 94 valence electrons. The lowest BCUT2D eigenvalue weighted by Crippen LogP contribution is -1.83. The molecule has 0 atom stereocenters. The molecular formula is C14H12N4S. The van der Waals surface area contributed by atoms with Gasteiger partial charge in [0.2, 0.25) is 0 Å². The maximum Gasteiger partial charge on any atom is 0.123 e. The van der Waals surface area contributed by atoms with Crippen LogP contribution in [0.2, 0.25) is 0 Å². The normalized spacial score (nSPS) is 10.8. The zero-order valence-corrected chi connectivity index (χ0v) is 11.5. The van der Waals surface area contributed by atoms with Crippen LogP contribution >= 0.6 is 11.3 Å². The highest BCUT2D eigenvalue weighted by Gasteiger charge is 2.10. The Kier molecular flexibility index (Phi) is 2.80. The standard InChI is InChI=1S/C14H12N4S/c1-9-13(5-6-15)19-14(17-9)10-3-4-12-11(7-10)16-8-18(12)2/h3-4,7-8H,5H2,1-2H3. The molecule has 0 unspecified atom stereocenters. The summed E-state index contributed by atoms with van der Waals surface area (Å²) in [4.78, 5) is 9.94. The molecule has 3 rings (SSSR count). The molecule has 0 aliphatic rings. The van der Waals surface area contributed by atoms with Crippen molar-refractivity contribution in [2.24, 2.45) is 7.05 Å². The summed E-state index contributed by atoms with van der Waals surface area (Å²) >= 11 is 1.58. The molecule has 2 aromatic heterocycles. The van der Waals surface area contributed by atoms with Crippen molar-refractivity contribution in [1.29, 1.82) is 5.26 Å². The molecule has 0 amide bonds. The summed E-state index contributed by atoms with van der Waals surface area (Å²) in [7, 11) is 1.98. The molecule has 5 heteroatoms. The van der Waals surface area contributed by atoms with Gasteiger partial charge in [-0.3, -0.25) is 0 Å². The van der Waals surface area contributed by atoms with Crippen LogP contribution in [0.5, 0.6) is 0 Å². The number of rotatable bonds is 2. The van der Waals surface area contributed by atoms with E-state index in [0.29, 0.717) is 6.42 Å². The zero-order chi connectivity index (χ0) is 13.4. The Morgan fingerprint density at radius 2 is 2.26 bits per heavy atom. The fourth-order valence-corrected chi connectivity index (χ4v) is 3.05. The minimum absolute atomic E-state index is 0.426. The van der Waals surface area contributed by atoms with E-state index in [2.05, 4.69) is 28.2 Å². The molecule has 2 heterocycles. The molecule has 1 aromatic carbocycles. The molecule has 19 heavy (non-hydrogen) atoms. The van der Waals surface area contributed by atoms with Crippen molar-refractivity contribution in [3.8, 4) is 16.6 Å². The molecule has 0 fully saturated rings. The third kappa shape index (κ3) is 2.00. The lowest BCUT2D eigenvalue weighted by molar-refractivity contribution is 0.948. The number of aromatic nitrogens is 3. The Labute approximate surface area is 115 Å². The minimum atomic E-state index is 0.426. The SMILES string of the molecule is Cc1nc(-c2ccc3c(c2)ncn3C)sc1CC#N. The van der Waals surface area contributed by atoms with Crippen LogP contribution in [-0.2, 0) is 13.5 Å². The molecular weight excluding hydrogens is 256 g/mol. The van der Waals surface area contributed by atoms with E-state index in [1.54, 1.807) is 11.3 Å². The molecule has 0 N–H and O–H groups in total. The highest BCUT2D eigenvalue weighted by molar-refractivity contribution is 7.15. The number of thiazole rings is 1. The van der Waals surface area contributed by atoms with Gasteiger partial charge >= 0.3 is 0 Å². The first-order valence-electron chi connectivity index (χ1n) is 5.94. The van der Waals surface area contributed by atoms with Gasteiger partial charge in [-0.25, -0.2) is 9.97 Å². The van der Waals surface area contributed by atoms with Gasteiger partial charge in [0.25, 0.3) is 0 Å². The second kappa shape index (κ2) is 4.48. The Balaban J connectivity index is 2.09. The van der Waals surface area contributed by atoms with E-state index in [9.17, 15) is 0 Å². The fraction of sp³-hybridized carbons (Fsp3) is 0.214. The van der Waals surface area contributed by atoms with Crippen molar-refractivity contribution in [1.82, 2.24) is 14.5 Å². The van der Waals surface area contributed by atoms with Crippen LogP contribution in [0.3, 0.4) is 0 Å². The van der Waals surface area contributed by atoms with Gasteiger partial charge in [-0.15, -0.1) is 11.3 Å². The fourth-order valence-electron chi connectivity index (χ4n) is 2.06. The van der Waals surface area contributed by atoms with Gasteiger partial charge in [0.05, 0.1) is 35.5 Å². The van der Waals surface area contributed by atoms with Gasteiger partial charge in [-0.1, -0.05) is 0 Å². The van der Waals surface area contributed by atoms with Crippen molar-refractivity contribution in [2.75, 3.05) is 0 Å². The average Bonchev–Trinajstić information content (AvgIpc) is 2.95. The minimum Gasteiger partial charge on any atom is -0.334 e.